The predicted octanol–water partition coefficient (Wildman–Crippen LogP) is 3.27. The van der Waals surface area contributed by atoms with E-state index in [0.29, 0.717) is 11.5 Å². The summed E-state index contributed by atoms with van der Waals surface area (Å²) in [5, 5.41) is 0. The lowest BCUT2D eigenvalue weighted by Gasteiger charge is -2.22. The van der Waals surface area contributed by atoms with E-state index in [0.717, 1.165) is 17.7 Å². The van der Waals surface area contributed by atoms with Gasteiger partial charge in [0, 0.05) is 12.5 Å². The third-order valence-electron chi connectivity index (χ3n) is 3.39. The number of para-hydroxylation sites is 1. The molecule has 1 aliphatic rings. The minimum absolute atomic E-state index is 0.0455. The molecule has 1 aliphatic heterocycles. The summed E-state index contributed by atoms with van der Waals surface area (Å²) in [6, 6.07) is 15.8. The van der Waals surface area contributed by atoms with E-state index in [1.807, 2.05) is 55.5 Å². The number of benzene rings is 2. The van der Waals surface area contributed by atoms with Crippen LogP contribution in [0.3, 0.4) is 0 Å². The van der Waals surface area contributed by atoms with Gasteiger partial charge < -0.3 is 19.9 Å². The van der Waals surface area contributed by atoms with Crippen LogP contribution in [0.2, 0.25) is 0 Å². The van der Waals surface area contributed by atoms with Crippen molar-refractivity contribution >= 4 is 0 Å². The molecule has 0 aliphatic carbocycles. The standard InChI is InChI=1S/C17H19NO3/c1-12(18)10-16(13-6-3-2-4-7-13)21-15-9-5-8-14-17(15)20-11-19-14/h2-9,12,16H,10-11,18H2,1H3. The Morgan fingerprint density at radius 1 is 1.10 bits per heavy atom. The van der Waals surface area contributed by atoms with E-state index in [2.05, 4.69) is 0 Å². The quantitative estimate of drug-likeness (QED) is 0.916. The number of rotatable bonds is 5. The van der Waals surface area contributed by atoms with Crippen LogP contribution in [0.15, 0.2) is 48.5 Å². The second-order valence-corrected chi connectivity index (χ2v) is 5.22. The lowest BCUT2D eigenvalue weighted by atomic mass is 10.0. The van der Waals surface area contributed by atoms with Crippen LogP contribution < -0.4 is 19.9 Å². The Labute approximate surface area is 124 Å². The summed E-state index contributed by atoms with van der Waals surface area (Å²) in [5.41, 5.74) is 7.06. The van der Waals surface area contributed by atoms with Crippen molar-refractivity contribution in [1.82, 2.24) is 0 Å². The molecule has 2 aromatic rings. The van der Waals surface area contributed by atoms with Gasteiger partial charge in [-0.25, -0.2) is 0 Å². The first-order valence-electron chi connectivity index (χ1n) is 7.10. The topological polar surface area (TPSA) is 53.7 Å². The van der Waals surface area contributed by atoms with Gasteiger partial charge in [0.25, 0.3) is 0 Å². The van der Waals surface area contributed by atoms with Crippen molar-refractivity contribution in [3.8, 4) is 17.2 Å². The minimum atomic E-state index is -0.109. The van der Waals surface area contributed by atoms with E-state index < -0.39 is 0 Å². The second-order valence-electron chi connectivity index (χ2n) is 5.22. The largest absolute Gasteiger partial charge is 0.482 e. The molecule has 0 bridgehead atoms. The van der Waals surface area contributed by atoms with Gasteiger partial charge in [0.1, 0.15) is 6.10 Å². The molecule has 3 rings (SSSR count). The van der Waals surface area contributed by atoms with Gasteiger partial charge in [0.05, 0.1) is 0 Å². The Balaban J connectivity index is 1.87. The highest BCUT2D eigenvalue weighted by Gasteiger charge is 2.22. The molecule has 1 heterocycles. The number of ether oxygens (including phenoxy) is 3. The molecule has 0 aromatic heterocycles. The van der Waals surface area contributed by atoms with Crippen LogP contribution >= 0.6 is 0 Å². The second kappa shape index (κ2) is 6.06. The van der Waals surface area contributed by atoms with Crippen LogP contribution in [0.5, 0.6) is 17.2 Å². The highest BCUT2D eigenvalue weighted by molar-refractivity contribution is 5.52. The normalized spacial score (nSPS) is 15.5. The third-order valence-corrected chi connectivity index (χ3v) is 3.39. The molecule has 0 saturated carbocycles. The molecule has 0 spiro atoms. The summed E-state index contributed by atoms with van der Waals surface area (Å²) in [6.45, 7) is 2.22. The lowest BCUT2D eigenvalue weighted by Crippen LogP contribution is -2.21. The van der Waals surface area contributed by atoms with Gasteiger partial charge in [0.15, 0.2) is 11.5 Å². The maximum Gasteiger partial charge on any atom is 0.231 e. The van der Waals surface area contributed by atoms with Crippen LogP contribution in [0, 0.1) is 0 Å². The monoisotopic (exact) mass is 285 g/mol. The van der Waals surface area contributed by atoms with Crippen molar-refractivity contribution in [2.75, 3.05) is 6.79 Å². The van der Waals surface area contributed by atoms with Gasteiger partial charge in [-0.05, 0) is 24.6 Å². The maximum atomic E-state index is 6.17. The first-order chi connectivity index (χ1) is 10.2. The van der Waals surface area contributed by atoms with Crippen molar-refractivity contribution in [2.24, 2.45) is 5.73 Å². The van der Waals surface area contributed by atoms with Crippen molar-refractivity contribution in [2.45, 2.75) is 25.5 Å². The molecule has 4 nitrogen and oxygen atoms in total. The van der Waals surface area contributed by atoms with Gasteiger partial charge >= 0.3 is 0 Å². The molecule has 0 amide bonds. The molecule has 0 fully saturated rings. The lowest BCUT2D eigenvalue weighted by molar-refractivity contribution is 0.155. The van der Waals surface area contributed by atoms with Crippen LogP contribution in [-0.4, -0.2) is 12.8 Å². The van der Waals surface area contributed by atoms with E-state index in [4.69, 9.17) is 19.9 Å². The summed E-state index contributed by atoms with van der Waals surface area (Å²) in [5.74, 6) is 2.09. The van der Waals surface area contributed by atoms with Gasteiger partial charge in [-0.3, -0.25) is 0 Å². The minimum Gasteiger partial charge on any atom is -0.482 e. The predicted molar refractivity (Wildman–Crippen MR) is 80.6 cm³/mol. The highest BCUT2D eigenvalue weighted by Crippen LogP contribution is 2.42. The Bertz CT molecular complexity index is 598. The number of hydrogen-bond acceptors (Lipinski definition) is 4. The summed E-state index contributed by atoms with van der Waals surface area (Å²) >= 11 is 0. The Hall–Kier alpha value is -2.20. The maximum absolute atomic E-state index is 6.17. The van der Waals surface area contributed by atoms with Gasteiger partial charge in [-0.15, -0.1) is 0 Å². The van der Waals surface area contributed by atoms with E-state index in [1.165, 1.54) is 0 Å². The Morgan fingerprint density at radius 2 is 1.90 bits per heavy atom. The van der Waals surface area contributed by atoms with Crippen LogP contribution in [0.4, 0.5) is 0 Å². The first kappa shape index (κ1) is 13.8. The van der Waals surface area contributed by atoms with Gasteiger partial charge in [-0.2, -0.15) is 0 Å². The zero-order chi connectivity index (χ0) is 14.7. The van der Waals surface area contributed by atoms with Crippen LogP contribution in [0.1, 0.15) is 25.0 Å². The molecule has 2 aromatic carbocycles. The zero-order valence-corrected chi connectivity index (χ0v) is 12.0. The highest BCUT2D eigenvalue weighted by atomic mass is 16.7. The van der Waals surface area contributed by atoms with E-state index >= 15 is 0 Å². The molecule has 2 unspecified atom stereocenters. The molecule has 21 heavy (non-hydrogen) atoms. The fourth-order valence-corrected chi connectivity index (χ4v) is 2.41. The van der Waals surface area contributed by atoms with Crippen molar-refractivity contribution < 1.29 is 14.2 Å². The molecular weight excluding hydrogens is 266 g/mol. The molecule has 0 saturated heterocycles. The third kappa shape index (κ3) is 3.11. The van der Waals surface area contributed by atoms with Crippen molar-refractivity contribution in [1.29, 1.82) is 0 Å². The molecule has 0 radical (unpaired) electrons. The molecule has 110 valence electrons. The number of nitrogens with two attached hydrogens (primary N) is 1. The molecule has 2 atom stereocenters. The van der Waals surface area contributed by atoms with Gasteiger partial charge in [-0.1, -0.05) is 36.4 Å². The van der Waals surface area contributed by atoms with E-state index in [-0.39, 0.29) is 18.9 Å². The summed E-state index contributed by atoms with van der Waals surface area (Å²) in [7, 11) is 0. The zero-order valence-electron chi connectivity index (χ0n) is 12.0. The van der Waals surface area contributed by atoms with Crippen LogP contribution in [0.25, 0.3) is 0 Å². The SMILES string of the molecule is CC(N)CC(Oc1cccc2c1OCO2)c1ccccc1. The van der Waals surface area contributed by atoms with Crippen LogP contribution in [-0.2, 0) is 0 Å². The first-order valence-corrected chi connectivity index (χ1v) is 7.10. The van der Waals surface area contributed by atoms with Crippen molar-refractivity contribution in [3.05, 3.63) is 54.1 Å². The molecule has 4 heteroatoms. The average molecular weight is 285 g/mol. The fourth-order valence-electron chi connectivity index (χ4n) is 2.41. The summed E-state index contributed by atoms with van der Waals surface area (Å²) in [4.78, 5) is 0. The smallest absolute Gasteiger partial charge is 0.231 e. The number of fused-ring (bicyclic) bond motifs is 1. The summed E-state index contributed by atoms with van der Waals surface area (Å²) < 4.78 is 17.0. The fraction of sp³-hybridized carbons (Fsp3) is 0.294. The van der Waals surface area contributed by atoms with Crippen molar-refractivity contribution in [3.63, 3.8) is 0 Å². The Kier molecular flexibility index (Phi) is 3.97. The molecule has 2 N–H and O–H groups in total. The van der Waals surface area contributed by atoms with E-state index in [9.17, 15) is 0 Å². The Morgan fingerprint density at radius 3 is 2.67 bits per heavy atom. The summed E-state index contributed by atoms with van der Waals surface area (Å²) in [6.07, 6.45) is 0.621. The average Bonchev–Trinajstić information content (AvgIpc) is 2.96. The molecular formula is C17H19NO3. The van der Waals surface area contributed by atoms with E-state index in [1.54, 1.807) is 0 Å². The van der Waals surface area contributed by atoms with Gasteiger partial charge in [0.2, 0.25) is 12.5 Å². The number of hydrogen-bond donors (Lipinski definition) is 1.